The van der Waals surface area contributed by atoms with Crippen molar-refractivity contribution in [1.29, 1.82) is 0 Å². The molecule has 0 amide bonds. The lowest BCUT2D eigenvalue weighted by molar-refractivity contribution is 0.122. The number of aliphatic imine (C=N–C) groups is 1. The normalized spacial score (nSPS) is 18.4. The molecule has 1 heterocycles. The summed E-state index contributed by atoms with van der Waals surface area (Å²) >= 11 is 6.54. The molecule has 0 bridgehead atoms. The SMILES string of the molecule is CCNC(=NCC(C)N1CCN(C)CC1)NCC(c1ccccc1Cl)N(CC)CC. The van der Waals surface area contributed by atoms with E-state index in [2.05, 4.69) is 72.2 Å². The zero-order valence-corrected chi connectivity index (χ0v) is 20.3. The van der Waals surface area contributed by atoms with Crippen LogP contribution in [0.5, 0.6) is 0 Å². The van der Waals surface area contributed by atoms with Crippen LogP contribution in [0.25, 0.3) is 0 Å². The highest BCUT2D eigenvalue weighted by Gasteiger charge is 2.21. The predicted molar refractivity (Wildman–Crippen MR) is 130 cm³/mol. The summed E-state index contributed by atoms with van der Waals surface area (Å²) in [6.07, 6.45) is 0. The second-order valence-electron chi connectivity index (χ2n) is 8.05. The van der Waals surface area contributed by atoms with Crippen LogP contribution in [0.4, 0.5) is 0 Å². The quantitative estimate of drug-likeness (QED) is 0.436. The largest absolute Gasteiger partial charge is 0.357 e. The van der Waals surface area contributed by atoms with E-state index < -0.39 is 0 Å². The third-order valence-corrected chi connectivity index (χ3v) is 6.34. The van der Waals surface area contributed by atoms with Crippen molar-refractivity contribution in [3.8, 4) is 0 Å². The minimum Gasteiger partial charge on any atom is -0.357 e. The Morgan fingerprint density at radius 3 is 2.37 bits per heavy atom. The van der Waals surface area contributed by atoms with Gasteiger partial charge in [-0.1, -0.05) is 43.6 Å². The highest BCUT2D eigenvalue weighted by atomic mass is 35.5. The standard InChI is InChI=1S/C23H41ClN6/c1-6-25-23(26-17-19(4)30-15-13-28(5)14-16-30)27-18-22(29(7-2)8-3)20-11-9-10-12-21(20)24/h9-12,19,22H,6-8,13-18H2,1-5H3,(H2,25,26,27). The monoisotopic (exact) mass is 436 g/mol. The molecule has 1 saturated heterocycles. The van der Waals surface area contributed by atoms with E-state index in [0.29, 0.717) is 6.04 Å². The fourth-order valence-electron chi connectivity index (χ4n) is 3.98. The van der Waals surface area contributed by atoms with Crippen molar-refractivity contribution < 1.29 is 0 Å². The van der Waals surface area contributed by atoms with Crippen LogP contribution in [0.2, 0.25) is 5.02 Å². The van der Waals surface area contributed by atoms with Gasteiger partial charge in [-0.05, 0) is 45.6 Å². The van der Waals surface area contributed by atoms with E-state index in [-0.39, 0.29) is 6.04 Å². The summed E-state index contributed by atoms with van der Waals surface area (Å²) in [6, 6.07) is 8.80. The highest BCUT2D eigenvalue weighted by Crippen LogP contribution is 2.26. The second-order valence-corrected chi connectivity index (χ2v) is 8.45. The molecule has 6 nitrogen and oxygen atoms in total. The molecule has 1 fully saturated rings. The average Bonchev–Trinajstić information content (AvgIpc) is 2.75. The Hall–Kier alpha value is -1.34. The van der Waals surface area contributed by atoms with E-state index in [4.69, 9.17) is 16.6 Å². The van der Waals surface area contributed by atoms with Crippen LogP contribution in [0.15, 0.2) is 29.3 Å². The summed E-state index contributed by atoms with van der Waals surface area (Å²) in [5, 5.41) is 7.80. The summed E-state index contributed by atoms with van der Waals surface area (Å²) < 4.78 is 0. The van der Waals surface area contributed by atoms with Crippen molar-refractivity contribution in [1.82, 2.24) is 25.3 Å². The molecule has 0 radical (unpaired) electrons. The molecule has 0 saturated carbocycles. The molecule has 2 rings (SSSR count). The van der Waals surface area contributed by atoms with Gasteiger partial charge >= 0.3 is 0 Å². The number of hydrogen-bond donors (Lipinski definition) is 2. The molecule has 2 atom stereocenters. The Balaban J connectivity index is 2.04. The fourth-order valence-corrected chi connectivity index (χ4v) is 4.24. The minimum atomic E-state index is 0.201. The van der Waals surface area contributed by atoms with E-state index in [1.807, 2.05) is 12.1 Å². The van der Waals surface area contributed by atoms with Crippen molar-refractivity contribution in [2.24, 2.45) is 4.99 Å². The molecule has 0 spiro atoms. The van der Waals surface area contributed by atoms with Crippen LogP contribution in [0.3, 0.4) is 0 Å². The molecule has 7 heteroatoms. The first-order chi connectivity index (χ1) is 14.5. The maximum absolute atomic E-state index is 6.54. The topological polar surface area (TPSA) is 46.1 Å². The number of rotatable bonds is 10. The van der Waals surface area contributed by atoms with Crippen LogP contribution < -0.4 is 10.6 Å². The van der Waals surface area contributed by atoms with Gasteiger partial charge in [0.05, 0.1) is 12.6 Å². The van der Waals surface area contributed by atoms with Gasteiger partial charge in [-0.15, -0.1) is 0 Å². The van der Waals surface area contributed by atoms with Gasteiger partial charge in [0.15, 0.2) is 5.96 Å². The third-order valence-electron chi connectivity index (χ3n) is 6.00. The summed E-state index contributed by atoms with van der Waals surface area (Å²) in [4.78, 5) is 12.3. The number of halogens is 1. The minimum absolute atomic E-state index is 0.201. The highest BCUT2D eigenvalue weighted by molar-refractivity contribution is 6.31. The van der Waals surface area contributed by atoms with Crippen molar-refractivity contribution in [2.75, 3.05) is 66.0 Å². The number of nitrogens with zero attached hydrogens (tertiary/aromatic N) is 4. The van der Waals surface area contributed by atoms with Gasteiger partial charge in [-0.2, -0.15) is 0 Å². The zero-order valence-electron chi connectivity index (χ0n) is 19.5. The molecule has 170 valence electrons. The maximum Gasteiger partial charge on any atom is 0.191 e. The molecule has 2 N–H and O–H groups in total. The summed E-state index contributed by atoms with van der Waals surface area (Å²) in [5.41, 5.74) is 1.16. The van der Waals surface area contributed by atoms with Gasteiger partial charge in [-0.25, -0.2) is 0 Å². The average molecular weight is 437 g/mol. The molecule has 1 aromatic carbocycles. The Bertz CT molecular complexity index is 640. The lowest BCUT2D eigenvalue weighted by Crippen LogP contribution is -2.49. The predicted octanol–water partition coefficient (Wildman–Crippen LogP) is 2.91. The number of hydrogen-bond acceptors (Lipinski definition) is 4. The first-order valence-corrected chi connectivity index (χ1v) is 11.8. The number of guanidine groups is 1. The van der Waals surface area contributed by atoms with Crippen LogP contribution in [-0.2, 0) is 0 Å². The molecule has 0 aromatic heterocycles. The molecule has 1 aromatic rings. The molecule has 0 aliphatic carbocycles. The number of nitrogens with one attached hydrogen (secondary N) is 2. The first-order valence-electron chi connectivity index (χ1n) is 11.4. The third kappa shape index (κ3) is 7.41. The summed E-state index contributed by atoms with van der Waals surface area (Å²) in [7, 11) is 2.19. The van der Waals surface area contributed by atoms with Gasteiger partial charge in [0.1, 0.15) is 0 Å². The smallest absolute Gasteiger partial charge is 0.191 e. The molecule has 1 aliphatic rings. The van der Waals surface area contributed by atoms with E-state index in [1.165, 1.54) is 0 Å². The molecule has 30 heavy (non-hydrogen) atoms. The Kier molecular flexibility index (Phi) is 10.9. The fraction of sp³-hybridized carbons (Fsp3) is 0.696. The van der Waals surface area contributed by atoms with E-state index in [0.717, 1.165) is 75.4 Å². The number of piperazine rings is 1. The van der Waals surface area contributed by atoms with Gasteiger partial charge in [0.25, 0.3) is 0 Å². The maximum atomic E-state index is 6.54. The summed E-state index contributed by atoms with van der Waals surface area (Å²) in [6.45, 7) is 17.6. The second kappa shape index (κ2) is 13.2. The van der Waals surface area contributed by atoms with Gasteiger partial charge in [0.2, 0.25) is 0 Å². The first kappa shape index (κ1) is 24.9. The van der Waals surface area contributed by atoms with E-state index >= 15 is 0 Å². The van der Waals surface area contributed by atoms with E-state index in [1.54, 1.807) is 0 Å². The lowest BCUT2D eigenvalue weighted by atomic mass is 10.0. The van der Waals surface area contributed by atoms with Crippen LogP contribution in [0.1, 0.15) is 39.3 Å². The zero-order chi connectivity index (χ0) is 21.9. The van der Waals surface area contributed by atoms with Gasteiger partial charge in [0, 0.05) is 50.3 Å². The molecular formula is C23H41ClN6. The van der Waals surface area contributed by atoms with E-state index in [9.17, 15) is 0 Å². The van der Waals surface area contributed by atoms with Crippen molar-refractivity contribution in [3.05, 3.63) is 34.9 Å². The Labute approximate surface area is 188 Å². The van der Waals surface area contributed by atoms with Crippen molar-refractivity contribution >= 4 is 17.6 Å². The summed E-state index contributed by atoms with van der Waals surface area (Å²) in [5.74, 6) is 0.877. The molecule has 1 aliphatic heterocycles. The van der Waals surface area contributed by atoms with Gasteiger partial charge in [-0.3, -0.25) is 14.8 Å². The van der Waals surface area contributed by atoms with Crippen molar-refractivity contribution in [3.63, 3.8) is 0 Å². The van der Waals surface area contributed by atoms with Crippen LogP contribution in [0, 0.1) is 0 Å². The van der Waals surface area contributed by atoms with Gasteiger partial charge < -0.3 is 15.5 Å². The molecular weight excluding hydrogens is 396 g/mol. The van der Waals surface area contributed by atoms with Crippen LogP contribution >= 0.6 is 11.6 Å². The van der Waals surface area contributed by atoms with Crippen molar-refractivity contribution in [2.45, 2.75) is 39.8 Å². The Morgan fingerprint density at radius 2 is 1.77 bits per heavy atom. The number of likely N-dealkylation sites (N-methyl/N-ethyl adjacent to an activating group) is 2. The van der Waals surface area contributed by atoms with Crippen LogP contribution in [-0.4, -0.2) is 92.7 Å². The lowest BCUT2D eigenvalue weighted by Gasteiger charge is -2.36. The Morgan fingerprint density at radius 1 is 1.10 bits per heavy atom. The number of benzene rings is 1. The molecule has 2 unspecified atom stereocenters.